The normalized spacial score (nSPS) is 10.8. The van der Waals surface area contributed by atoms with Gasteiger partial charge in [-0.3, -0.25) is 0 Å². The first-order chi connectivity index (χ1) is 7.61. The second-order valence-electron chi connectivity index (χ2n) is 3.85. The maximum Gasteiger partial charge on any atom is 0.0764 e. The van der Waals surface area contributed by atoms with Crippen LogP contribution in [0.4, 0.5) is 0 Å². The molecule has 0 spiro atoms. The highest BCUT2D eigenvalue weighted by Gasteiger charge is 2.05. The number of aromatic nitrogens is 2. The third-order valence-electron chi connectivity index (χ3n) is 2.54. The second-order valence-corrected chi connectivity index (χ2v) is 4.64. The summed E-state index contributed by atoms with van der Waals surface area (Å²) in [5.74, 6) is 0. The lowest BCUT2D eigenvalue weighted by molar-refractivity contribution is 0.831. The van der Waals surface area contributed by atoms with Gasteiger partial charge in [-0.2, -0.15) is 5.10 Å². The minimum Gasteiger partial charge on any atom is -0.325 e. The number of halogens is 1. The van der Waals surface area contributed by atoms with Crippen LogP contribution in [-0.4, -0.2) is 9.78 Å². The van der Waals surface area contributed by atoms with Crippen LogP contribution in [0.5, 0.6) is 0 Å². The molecule has 1 aromatic carbocycles. The summed E-state index contributed by atoms with van der Waals surface area (Å²) >= 11 is 3.56. The summed E-state index contributed by atoms with van der Waals surface area (Å²) in [5, 5.41) is 4.39. The lowest BCUT2D eigenvalue weighted by Gasteiger charge is -2.07. The van der Waals surface area contributed by atoms with Gasteiger partial charge in [-0.05, 0) is 43.2 Å². The quantitative estimate of drug-likeness (QED) is 0.919. The van der Waals surface area contributed by atoms with Gasteiger partial charge in [0.15, 0.2) is 0 Å². The molecule has 0 aliphatic carbocycles. The van der Waals surface area contributed by atoms with Gasteiger partial charge in [-0.15, -0.1) is 0 Å². The summed E-state index contributed by atoms with van der Waals surface area (Å²) in [5.41, 5.74) is 9.93. The Morgan fingerprint density at radius 1 is 1.31 bits per heavy atom. The van der Waals surface area contributed by atoms with Crippen LogP contribution in [0.2, 0.25) is 0 Å². The maximum absolute atomic E-state index is 5.54. The molecule has 4 heteroatoms. The topological polar surface area (TPSA) is 43.8 Å². The van der Waals surface area contributed by atoms with Crippen molar-refractivity contribution in [1.82, 2.24) is 9.78 Å². The SMILES string of the molecule is Cc1cc(-n2ccc(CN)n2)cc(C)c1Br. The Morgan fingerprint density at radius 2 is 1.94 bits per heavy atom. The Kier molecular flexibility index (Phi) is 3.12. The van der Waals surface area contributed by atoms with Crippen molar-refractivity contribution in [2.45, 2.75) is 20.4 Å². The van der Waals surface area contributed by atoms with E-state index in [0.29, 0.717) is 6.54 Å². The molecule has 0 bridgehead atoms. The van der Waals surface area contributed by atoms with E-state index in [2.05, 4.69) is 47.0 Å². The summed E-state index contributed by atoms with van der Waals surface area (Å²) in [6, 6.07) is 6.14. The van der Waals surface area contributed by atoms with E-state index in [-0.39, 0.29) is 0 Å². The van der Waals surface area contributed by atoms with E-state index in [0.717, 1.165) is 15.9 Å². The van der Waals surface area contributed by atoms with Gasteiger partial charge in [-0.1, -0.05) is 15.9 Å². The van der Waals surface area contributed by atoms with Crippen LogP contribution >= 0.6 is 15.9 Å². The fourth-order valence-electron chi connectivity index (χ4n) is 1.67. The molecule has 3 nitrogen and oxygen atoms in total. The summed E-state index contributed by atoms with van der Waals surface area (Å²) < 4.78 is 3.01. The molecule has 1 heterocycles. The predicted octanol–water partition coefficient (Wildman–Crippen LogP) is 2.71. The average Bonchev–Trinajstić information content (AvgIpc) is 2.73. The standard InChI is InChI=1S/C12H14BrN3/c1-8-5-11(6-9(2)12(8)13)16-4-3-10(7-14)15-16/h3-6H,7,14H2,1-2H3. The van der Waals surface area contributed by atoms with Crippen molar-refractivity contribution in [3.63, 3.8) is 0 Å². The van der Waals surface area contributed by atoms with Gasteiger partial charge in [0, 0.05) is 17.2 Å². The Hall–Kier alpha value is -1.13. The summed E-state index contributed by atoms with van der Waals surface area (Å²) in [4.78, 5) is 0. The van der Waals surface area contributed by atoms with Crippen LogP contribution in [0.1, 0.15) is 16.8 Å². The molecule has 0 fully saturated rings. The van der Waals surface area contributed by atoms with E-state index in [9.17, 15) is 0 Å². The lowest BCUT2D eigenvalue weighted by Crippen LogP contribution is -2.01. The van der Waals surface area contributed by atoms with Gasteiger partial charge < -0.3 is 5.73 Å². The minimum atomic E-state index is 0.474. The van der Waals surface area contributed by atoms with Crippen molar-refractivity contribution in [2.75, 3.05) is 0 Å². The molecule has 1 aromatic heterocycles. The van der Waals surface area contributed by atoms with Crippen molar-refractivity contribution >= 4 is 15.9 Å². The van der Waals surface area contributed by atoms with Crippen molar-refractivity contribution < 1.29 is 0 Å². The van der Waals surface area contributed by atoms with Gasteiger partial charge in [0.2, 0.25) is 0 Å². The van der Waals surface area contributed by atoms with Crippen molar-refractivity contribution in [1.29, 1.82) is 0 Å². The van der Waals surface area contributed by atoms with Crippen LogP contribution in [0.3, 0.4) is 0 Å². The summed E-state index contributed by atoms with van der Waals surface area (Å²) in [6.07, 6.45) is 1.93. The zero-order valence-electron chi connectivity index (χ0n) is 9.37. The fourth-order valence-corrected chi connectivity index (χ4v) is 1.90. The number of nitrogens with two attached hydrogens (primary N) is 1. The molecule has 16 heavy (non-hydrogen) atoms. The number of aryl methyl sites for hydroxylation is 2. The van der Waals surface area contributed by atoms with Crippen LogP contribution in [0, 0.1) is 13.8 Å². The van der Waals surface area contributed by atoms with Gasteiger partial charge in [0.05, 0.1) is 11.4 Å². The highest BCUT2D eigenvalue weighted by molar-refractivity contribution is 9.10. The second kappa shape index (κ2) is 4.39. The number of nitrogens with zero attached hydrogens (tertiary/aromatic N) is 2. The lowest BCUT2D eigenvalue weighted by atomic mass is 10.1. The maximum atomic E-state index is 5.54. The van der Waals surface area contributed by atoms with Gasteiger partial charge in [-0.25, -0.2) is 4.68 Å². The van der Waals surface area contributed by atoms with E-state index in [1.54, 1.807) is 0 Å². The largest absolute Gasteiger partial charge is 0.325 e. The van der Waals surface area contributed by atoms with E-state index < -0.39 is 0 Å². The summed E-state index contributed by atoms with van der Waals surface area (Å²) in [6.45, 7) is 4.63. The molecule has 2 aromatic rings. The molecule has 0 amide bonds. The molecule has 84 valence electrons. The molecular weight excluding hydrogens is 266 g/mol. The van der Waals surface area contributed by atoms with Crippen molar-refractivity contribution in [2.24, 2.45) is 5.73 Å². The first-order valence-corrected chi connectivity index (χ1v) is 5.93. The molecule has 2 rings (SSSR count). The summed E-state index contributed by atoms with van der Waals surface area (Å²) in [7, 11) is 0. The average molecular weight is 280 g/mol. The Labute approximate surface area is 103 Å². The van der Waals surface area contributed by atoms with Gasteiger partial charge in [0.25, 0.3) is 0 Å². The van der Waals surface area contributed by atoms with Crippen LogP contribution in [0.25, 0.3) is 5.69 Å². The molecule has 0 atom stereocenters. The molecule has 0 saturated heterocycles. The Bertz CT molecular complexity index is 494. The van der Waals surface area contributed by atoms with Crippen LogP contribution in [-0.2, 0) is 6.54 Å². The molecule has 0 radical (unpaired) electrons. The van der Waals surface area contributed by atoms with E-state index in [1.165, 1.54) is 11.1 Å². The van der Waals surface area contributed by atoms with Gasteiger partial charge in [0.1, 0.15) is 0 Å². The minimum absolute atomic E-state index is 0.474. The zero-order chi connectivity index (χ0) is 11.7. The molecule has 2 N–H and O–H groups in total. The molecular formula is C12H14BrN3. The zero-order valence-corrected chi connectivity index (χ0v) is 11.0. The number of hydrogen-bond donors (Lipinski definition) is 1. The first-order valence-electron chi connectivity index (χ1n) is 5.13. The van der Waals surface area contributed by atoms with Gasteiger partial charge >= 0.3 is 0 Å². The Morgan fingerprint density at radius 3 is 2.44 bits per heavy atom. The number of rotatable bonds is 2. The number of hydrogen-bond acceptors (Lipinski definition) is 2. The van der Waals surface area contributed by atoms with E-state index in [4.69, 9.17) is 5.73 Å². The van der Waals surface area contributed by atoms with Crippen molar-refractivity contribution in [3.8, 4) is 5.69 Å². The van der Waals surface area contributed by atoms with E-state index in [1.807, 2.05) is 16.9 Å². The smallest absolute Gasteiger partial charge is 0.0764 e. The Balaban J connectivity index is 2.48. The van der Waals surface area contributed by atoms with Crippen LogP contribution in [0.15, 0.2) is 28.9 Å². The molecule has 0 aliphatic heterocycles. The highest BCUT2D eigenvalue weighted by Crippen LogP contribution is 2.24. The third-order valence-corrected chi connectivity index (χ3v) is 3.79. The molecule has 0 unspecified atom stereocenters. The molecule has 0 aliphatic rings. The van der Waals surface area contributed by atoms with E-state index >= 15 is 0 Å². The molecule has 0 saturated carbocycles. The predicted molar refractivity (Wildman–Crippen MR) is 68.6 cm³/mol. The fraction of sp³-hybridized carbons (Fsp3) is 0.250. The first kappa shape index (κ1) is 11.4. The van der Waals surface area contributed by atoms with Crippen molar-refractivity contribution in [3.05, 3.63) is 45.7 Å². The van der Waals surface area contributed by atoms with Crippen LogP contribution < -0.4 is 5.73 Å². The monoisotopic (exact) mass is 279 g/mol. The number of benzene rings is 1. The highest BCUT2D eigenvalue weighted by atomic mass is 79.9. The third kappa shape index (κ3) is 2.03.